The lowest BCUT2D eigenvalue weighted by Gasteiger charge is -2.20. The number of hydrogen-bond donors (Lipinski definition) is 0. The van der Waals surface area contributed by atoms with E-state index in [0.29, 0.717) is 25.5 Å². The van der Waals surface area contributed by atoms with E-state index >= 15 is 0 Å². The van der Waals surface area contributed by atoms with E-state index in [1.807, 2.05) is 40.7 Å². The number of nitrogens with zero attached hydrogens (tertiary/aromatic N) is 5. The van der Waals surface area contributed by atoms with Crippen LogP contribution < -0.4 is 5.56 Å². The molecule has 2 rings (SSSR count). The molecule has 25 heavy (non-hydrogen) atoms. The molecule has 0 saturated heterocycles. The highest BCUT2D eigenvalue weighted by atomic mass is 16.2. The van der Waals surface area contributed by atoms with Crippen LogP contribution in [0.1, 0.15) is 44.3 Å². The van der Waals surface area contributed by atoms with Crippen LogP contribution in [0.3, 0.4) is 0 Å². The molecule has 0 aliphatic rings. The summed E-state index contributed by atoms with van der Waals surface area (Å²) in [5.74, 6) is 0.307. The Kier molecular flexibility index (Phi) is 6.12. The first-order chi connectivity index (χ1) is 11.9. The molecule has 0 bridgehead atoms. The molecular weight excluding hydrogens is 318 g/mol. The molecule has 2 aromatic heterocycles. The largest absolute Gasteiger partial charge is 0.342 e. The first kappa shape index (κ1) is 18.9. The third-order valence-electron chi connectivity index (χ3n) is 4.16. The third kappa shape index (κ3) is 4.15. The molecule has 7 heteroatoms. The maximum Gasteiger partial charge on any atom is 0.255 e. The summed E-state index contributed by atoms with van der Waals surface area (Å²) in [5, 5.41) is 4.45. The number of carbonyl (C=O) groups excluding carboxylic acids is 1. The summed E-state index contributed by atoms with van der Waals surface area (Å²) < 4.78 is 3.06. The molecule has 0 atom stereocenters. The molecule has 0 radical (unpaired) electrons. The molecule has 136 valence electrons. The van der Waals surface area contributed by atoms with Gasteiger partial charge in [-0.05, 0) is 40.2 Å². The van der Waals surface area contributed by atoms with E-state index in [4.69, 9.17) is 0 Å². The van der Waals surface area contributed by atoms with Crippen molar-refractivity contribution < 1.29 is 4.79 Å². The van der Waals surface area contributed by atoms with Gasteiger partial charge in [0.25, 0.3) is 5.56 Å². The van der Waals surface area contributed by atoms with Crippen LogP contribution in [-0.2, 0) is 17.8 Å². The summed E-state index contributed by atoms with van der Waals surface area (Å²) in [4.78, 5) is 31.5. The smallest absolute Gasteiger partial charge is 0.255 e. The Hall–Kier alpha value is -2.44. The van der Waals surface area contributed by atoms with Crippen molar-refractivity contribution >= 4 is 5.91 Å². The Labute approximate surface area is 148 Å². The fourth-order valence-electron chi connectivity index (χ4n) is 2.88. The van der Waals surface area contributed by atoms with Crippen LogP contribution in [0.25, 0.3) is 5.95 Å². The van der Waals surface area contributed by atoms with E-state index in [2.05, 4.69) is 10.1 Å². The Bertz CT molecular complexity index is 802. The summed E-state index contributed by atoms with van der Waals surface area (Å²) in [6.07, 6.45) is 1.61. The van der Waals surface area contributed by atoms with E-state index in [1.54, 1.807) is 9.58 Å². The van der Waals surface area contributed by atoms with Crippen LogP contribution in [0.15, 0.2) is 16.9 Å². The van der Waals surface area contributed by atoms with Crippen LogP contribution in [0.4, 0.5) is 0 Å². The number of likely N-dealkylation sites (N-methyl/N-ethyl adjacent to an activating group) is 1. The molecule has 2 heterocycles. The van der Waals surface area contributed by atoms with Gasteiger partial charge in [-0.3, -0.25) is 14.2 Å². The molecule has 0 spiro atoms. The fourth-order valence-corrected chi connectivity index (χ4v) is 2.88. The minimum absolute atomic E-state index is 0.0341. The molecule has 0 aliphatic heterocycles. The first-order valence-corrected chi connectivity index (χ1v) is 8.83. The molecule has 0 N–H and O–H groups in total. The zero-order valence-corrected chi connectivity index (χ0v) is 15.7. The molecule has 7 nitrogen and oxygen atoms in total. The van der Waals surface area contributed by atoms with Gasteiger partial charge in [-0.15, -0.1) is 0 Å². The minimum atomic E-state index is -0.221. The van der Waals surface area contributed by atoms with Crippen molar-refractivity contribution in [3.8, 4) is 5.95 Å². The summed E-state index contributed by atoms with van der Waals surface area (Å²) in [6, 6.07) is 3.45. The van der Waals surface area contributed by atoms with E-state index in [-0.39, 0.29) is 18.0 Å². The van der Waals surface area contributed by atoms with Crippen molar-refractivity contribution in [1.82, 2.24) is 24.2 Å². The lowest BCUT2D eigenvalue weighted by molar-refractivity contribution is -0.131. The highest BCUT2D eigenvalue weighted by Crippen LogP contribution is 2.11. The summed E-state index contributed by atoms with van der Waals surface area (Å²) in [7, 11) is 0. The van der Waals surface area contributed by atoms with E-state index in [9.17, 15) is 9.59 Å². The topological polar surface area (TPSA) is 73.0 Å². The van der Waals surface area contributed by atoms with Crippen LogP contribution >= 0.6 is 0 Å². The van der Waals surface area contributed by atoms with E-state index < -0.39 is 0 Å². The zero-order chi connectivity index (χ0) is 18.6. The molecule has 0 aliphatic carbocycles. The van der Waals surface area contributed by atoms with Gasteiger partial charge in [0.2, 0.25) is 11.9 Å². The average molecular weight is 345 g/mol. The highest BCUT2D eigenvalue weighted by Gasteiger charge is 2.18. The highest BCUT2D eigenvalue weighted by molar-refractivity contribution is 5.76. The quantitative estimate of drug-likeness (QED) is 0.768. The molecule has 0 fully saturated rings. The molecule has 1 amide bonds. The SMILES string of the molecule is CCCc1cc(=O)n(CC(=O)N(CC)CC)c(-n2nc(C)cc2C)n1. The third-order valence-corrected chi connectivity index (χ3v) is 4.16. The normalized spacial score (nSPS) is 10.9. The predicted octanol–water partition coefficient (Wildman–Crippen LogP) is 1.87. The summed E-state index contributed by atoms with van der Waals surface area (Å²) in [5.41, 5.74) is 2.22. The van der Waals surface area contributed by atoms with Crippen molar-refractivity contribution in [2.75, 3.05) is 13.1 Å². The minimum Gasteiger partial charge on any atom is -0.342 e. The maximum atomic E-state index is 12.7. The van der Waals surface area contributed by atoms with E-state index in [1.165, 1.54) is 10.6 Å². The monoisotopic (exact) mass is 345 g/mol. The first-order valence-electron chi connectivity index (χ1n) is 8.83. The molecule has 2 aromatic rings. The molecule has 0 aromatic carbocycles. The molecular formula is C18H27N5O2. The predicted molar refractivity (Wildman–Crippen MR) is 97.0 cm³/mol. The molecule has 0 saturated carbocycles. The maximum absolute atomic E-state index is 12.7. The number of aryl methyl sites for hydroxylation is 3. The van der Waals surface area contributed by atoms with Crippen molar-refractivity contribution in [2.45, 2.75) is 54.0 Å². The van der Waals surface area contributed by atoms with Crippen LogP contribution in [0.5, 0.6) is 0 Å². The van der Waals surface area contributed by atoms with Crippen LogP contribution in [-0.4, -0.2) is 43.2 Å². The van der Waals surface area contributed by atoms with Gasteiger partial charge in [0.15, 0.2) is 0 Å². The van der Waals surface area contributed by atoms with Gasteiger partial charge in [-0.25, -0.2) is 9.67 Å². The van der Waals surface area contributed by atoms with Crippen molar-refractivity contribution in [2.24, 2.45) is 0 Å². The number of rotatable bonds is 7. The van der Waals surface area contributed by atoms with Gasteiger partial charge in [-0.2, -0.15) is 5.10 Å². The van der Waals surface area contributed by atoms with Gasteiger partial charge in [0.1, 0.15) is 6.54 Å². The Morgan fingerprint density at radius 1 is 1.16 bits per heavy atom. The number of hydrogen-bond acceptors (Lipinski definition) is 4. The van der Waals surface area contributed by atoms with Crippen molar-refractivity contribution in [3.63, 3.8) is 0 Å². The number of amides is 1. The Morgan fingerprint density at radius 3 is 2.36 bits per heavy atom. The summed E-state index contributed by atoms with van der Waals surface area (Å²) >= 11 is 0. The van der Waals surface area contributed by atoms with Crippen molar-refractivity contribution in [1.29, 1.82) is 0 Å². The van der Waals surface area contributed by atoms with Gasteiger partial charge in [-0.1, -0.05) is 13.3 Å². The average Bonchev–Trinajstić information content (AvgIpc) is 2.89. The second-order valence-electron chi connectivity index (χ2n) is 6.13. The summed E-state index contributed by atoms with van der Waals surface area (Å²) in [6.45, 7) is 10.9. The lowest BCUT2D eigenvalue weighted by Crippen LogP contribution is -2.38. The Balaban J connectivity index is 2.56. The second kappa shape index (κ2) is 8.09. The Morgan fingerprint density at radius 2 is 1.84 bits per heavy atom. The standard InChI is InChI=1S/C18H27N5O2/c1-6-9-15-11-16(24)22(12-17(25)21(7-2)8-3)18(19-15)23-14(5)10-13(4)20-23/h10-11H,6-9,12H2,1-5H3. The van der Waals surface area contributed by atoms with Crippen LogP contribution in [0.2, 0.25) is 0 Å². The molecule has 0 unspecified atom stereocenters. The number of carbonyl (C=O) groups is 1. The lowest BCUT2D eigenvalue weighted by atomic mass is 10.2. The van der Waals surface area contributed by atoms with Gasteiger partial charge in [0, 0.05) is 30.5 Å². The van der Waals surface area contributed by atoms with Crippen LogP contribution in [0, 0.1) is 13.8 Å². The zero-order valence-electron chi connectivity index (χ0n) is 15.7. The fraction of sp³-hybridized carbons (Fsp3) is 0.556. The van der Waals surface area contributed by atoms with Crippen molar-refractivity contribution in [3.05, 3.63) is 39.6 Å². The van der Waals surface area contributed by atoms with E-state index in [0.717, 1.165) is 23.5 Å². The van der Waals surface area contributed by atoms with Gasteiger partial charge < -0.3 is 4.90 Å². The second-order valence-corrected chi connectivity index (χ2v) is 6.13. The van der Waals surface area contributed by atoms with Gasteiger partial charge in [0.05, 0.1) is 5.69 Å². The van der Waals surface area contributed by atoms with Gasteiger partial charge >= 0.3 is 0 Å². The number of aromatic nitrogens is 4.